The van der Waals surface area contributed by atoms with Crippen molar-refractivity contribution in [2.75, 3.05) is 0 Å². The molecule has 5 nitrogen and oxygen atoms in total. The molecule has 2 heterocycles. The molecule has 5 aromatic carbocycles. The minimum absolute atomic E-state index is 0.590. The van der Waals surface area contributed by atoms with Crippen molar-refractivity contribution in [2.45, 2.75) is 25.7 Å². The molecule has 0 atom stereocenters. The molecule has 0 radical (unpaired) electrons. The van der Waals surface area contributed by atoms with Crippen molar-refractivity contribution < 1.29 is 0 Å². The molecule has 0 unspecified atom stereocenters. The fraction of sp³-hybridized carbons (Fsp3) is 0.0816. The molecule has 0 bridgehead atoms. The van der Waals surface area contributed by atoms with Crippen LogP contribution in [0.1, 0.15) is 37.1 Å². The van der Waals surface area contributed by atoms with Crippen LogP contribution in [0.3, 0.4) is 0 Å². The van der Waals surface area contributed by atoms with Gasteiger partial charge in [-0.1, -0.05) is 164 Å². The Labute approximate surface area is 315 Å². The van der Waals surface area contributed by atoms with Gasteiger partial charge in [0.2, 0.25) is 0 Å². The average molecular weight is 696 g/mol. The topological polar surface area (TPSA) is 64.5 Å². The van der Waals surface area contributed by atoms with Gasteiger partial charge in [-0.3, -0.25) is 0 Å². The highest BCUT2D eigenvalue weighted by Crippen LogP contribution is 2.37. The van der Waals surface area contributed by atoms with Crippen molar-refractivity contribution in [1.82, 2.24) is 24.9 Å². The summed E-state index contributed by atoms with van der Waals surface area (Å²) in [6, 6.07) is 47.6. The number of aromatic nitrogens is 5. The summed E-state index contributed by atoms with van der Waals surface area (Å²) in [7, 11) is 0. The summed E-state index contributed by atoms with van der Waals surface area (Å²) in [4.78, 5) is 26.2. The maximum atomic E-state index is 5.51. The predicted octanol–water partition coefficient (Wildman–Crippen LogP) is 12.1. The molecule has 0 spiro atoms. The maximum absolute atomic E-state index is 5.51. The molecule has 7 aromatic rings. The van der Waals surface area contributed by atoms with Gasteiger partial charge in [0, 0.05) is 27.8 Å². The van der Waals surface area contributed by atoms with E-state index in [2.05, 4.69) is 134 Å². The van der Waals surface area contributed by atoms with Crippen LogP contribution in [0.25, 0.3) is 79.0 Å². The number of hydrogen-bond acceptors (Lipinski definition) is 5. The second kappa shape index (κ2) is 15.0. The zero-order valence-corrected chi connectivity index (χ0v) is 29.8. The monoisotopic (exact) mass is 695 g/mol. The zero-order valence-electron chi connectivity index (χ0n) is 29.8. The molecule has 2 aromatic heterocycles. The van der Waals surface area contributed by atoms with E-state index in [0.717, 1.165) is 98.5 Å². The van der Waals surface area contributed by atoms with Gasteiger partial charge in [-0.05, 0) is 60.1 Å². The van der Waals surface area contributed by atoms with Gasteiger partial charge in [-0.25, -0.2) is 24.9 Å². The number of rotatable bonds is 8. The molecule has 5 heteroatoms. The van der Waals surface area contributed by atoms with Crippen molar-refractivity contribution in [1.29, 1.82) is 0 Å². The van der Waals surface area contributed by atoms with Crippen molar-refractivity contribution in [2.24, 2.45) is 0 Å². The van der Waals surface area contributed by atoms with Gasteiger partial charge in [-0.15, -0.1) is 0 Å². The van der Waals surface area contributed by atoms with Crippen LogP contribution in [-0.2, 0) is 0 Å². The van der Waals surface area contributed by atoms with E-state index >= 15 is 0 Å². The molecule has 0 N–H and O–H groups in total. The fourth-order valence-corrected chi connectivity index (χ4v) is 7.04. The average Bonchev–Trinajstić information content (AvgIpc) is 3.27. The first-order chi connectivity index (χ1) is 26.8. The van der Waals surface area contributed by atoms with Crippen molar-refractivity contribution in [3.8, 4) is 67.8 Å². The molecule has 0 aliphatic heterocycles. The first-order valence-corrected chi connectivity index (χ1v) is 18.6. The van der Waals surface area contributed by atoms with Crippen molar-refractivity contribution in [3.63, 3.8) is 0 Å². The molecule has 258 valence electrons. The minimum Gasteiger partial charge on any atom is -0.243 e. The first-order valence-electron chi connectivity index (χ1n) is 18.6. The lowest BCUT2D eigenvalue weighted by molar-refractivity contribution is 1.02. The van der Waals surface area contributed by atoms with Crippen molar-refractivity contribution in [3.05, 3.63) is 187 Å². The molecule has 0 saturated carbocycles. The molecular formula is C49H37N5. The Balaban J connectivity index is 1.22. The van der Waals surface area contributed by atoms with Crippen LogP contribution >= 0.6 is 0 Å². The maximum Gasteiger partial charge on any atom is 0.164 e. The van der Waals surface area contributed by atoms with E-state index in [1.807, 2.05) is 42.5 Å². The lowest BCUT2D eigenvalue weighted by Gasteiger charge is -2.19. The summed E-state index contributed by atoms with van der Waals surface area (Å²) in [6.07, 6.45) is 17.4. The lowest BCUT2D eigenvalue weighted by atomic mass is 9.94. The van der Waals surface area contributed by atoms with Crippen LogP contribution in [0.2, 0.25) is 0 Å². The molecule has 0 fully saturated rings. The number of hydrogen-bond donors (Lipinski definition) is 0. The molecular weight excluding hydrogens is 659 g/mol. The Morgan fingerprint density at radius 2 is 0.704 bits per heavy atom. The van der Waals surface area contributed by atoms with Gasteiger partial charge in [0.25, 0.3) is 0 Å². The van der Waals surface area contributed by atoms with Crippen LogP contribution < -0.4 is 0 Å². The van der Waals surface area contributed by atoms with Crippen LogP contribution in [0.15, 0.2) is 176 Å². The van der Waals surface area contributed by atoms with E-state index in [0.29, 0.717) is 17.5 Å². The van der Waals surface area contributed by atoms with Gasteiger partial charge in [0.1, 0.15) is 0 Å². The number of benzene rings is 5. The molecule has 2 aliphatic carbocycles. The molecule has 9 rings (SSSR count). The smallest absolute Gasteiger partial charge is 0.164 e. The fourth-order valence-electron chi connectivity index (χ4n) is 7.04. The lowest BCUT2D eigenvalue weighted by Crippen LogP contribution is -2.06. The minimum atomic E-state index is 0.590. The Hall–Kier alpha value is -6.85. The van der Waals surface area contributed by atoms with Crippen molar-refractivity contribution >= 4 is 11.1 Å². The van der Waals surface area contributed by atoms with Gasteiger partial charge in [0.15, 0.2) is 17.5 Å². The third kappa shape index (κ3) is 6.87. The largest absolute Gasteiger partial charge is 0.243 e. The Morgan fingerprint density at radius 3 is 1.22 bits per heavy atom. The second-order valence-electron chi connectivity index (χ2n) is 13.5. The standard InChI is InChI=1S/C49H37N5/c1-6-18-34(19-7-1)39-28-16-30-41(32-39)48-52-47(38-26-14-5-15-27-38)53-49(54-48)42-31-17-29-40(33-42)46-45(37-24-12-4-13-25-37)50-43(35-20-8-2-9-21-35)44(51-46)36-22-10-3-11-23-36/h1,4-8,10,12-33H,2-3,9,11H2. The van der Waals surface area contributed by atoms with Crippen LogP contribution in [-0.4, -0.2) is 24.9 Å². The SMILES string of the molecule is C1=CC(c2nc(-c3ccccc3)c(-c3cccc(-c4nc(-c5ccccc5)nc(-c5cccc(-c6ccccc6)c5)n4)c3)nc2C2=CCCC=C2)=CCC1. The van der Waals surface area contributed by atoms with Gasteiger partial charge < -0.3 is 0 Å². The normalized spacial score (nSPS) is 13.7. The van der Waals surface area contributed by atoms with E-state index in [-0.39, 0.29) is 0 Å². The Bertz CT molecular complexity index is 2590. The van der Waals surface area contributed by atoms with Crippen LogP contribution in [0.4, 0.5) is 0 Å². The summed E-state index contributed by atoms with van der Waals surface area (Å²) < 4.78 is 0. The van der Waals surface area contributed by atoms with Gasteiger partial charge >= 0.3 is 0 Å². The Morgan fingerprint density at radius 1 is 0.296 bits per heavy atom. The molecule has 0 amide bonds. The molecule has 0 saturated heterocycles. The van der Waals surface area contributed by atoms with Gasteiger partial charge in [-0.2, -0.15) is 0 Å². The highest BCUT2D eigenvalue weighted by Gasteiger charge is 2.22. The molecule has 54 heavy (non-hydrogen) atoms. The summed E-state index contributed by atoms with van der Waals surface area (Å²) in [5, 5.41) is 0. The summed E-state index contributed by atoms with van der Waals surface area (Å²) in [5.41, 5.74) is 12.6. The van der Waals surface area contributed by atoms with Gasteiger partial charge in [0.05, 0.1) is 22.8 Å². The zero-order chi connectivity index (χ0) is 36.1. The number of allylic oxidation sites excluding steroid dienone is 8. The third-order valence-corrected chi connectivity index (χ3v) is 9.77. The second-order valence-corrected chi connectivity index (χ2v) is 13.5. The summed E-state index contributed by atoms with van der Waals surface area (Å²) >= 11 is 0. The van der Waals surface area contributed by atoms with Crippen LogP contribution in [0, 0.1) is 0 Å². The van der Waals surface area contributed by atoms with E-state index in [1.165, 1.54) is 0 Å². The summed E-state index contributed by atoms with van der Waals surface area (Å²) in [5.74, 6) is 1.82. The first kappa shape index (κ1) is 33.0. The van der Waals surface area contributed by atoms with E-state index in [1.54, 1.807) is 0 Å². The molecule has 2 aliphatic rings. The summed E-state index contributed by atoms with van der Waals surface area (Å²) in [6.45, 7) is 0. The highest BCUT2D eigenvalue weighted by molar-refractivity contribution is 5.89. The highest BCUT2D eigenvalue weighted by atomic mass is 15.0. The van der Waals surface area contributed by atoms with E-state index in [9.17, 15) is 0 Å². The quantitative estimate of drug-likeness (QED) is 0.158. The number of nitrogens with zero attached hydrogens (tertiary/aromatic N) is 5. The third-order valence-electron chi connectivity index (χ3n) is 9.77. The van der Waals surface area contributed by atoms with E-state index < -0.39 is 0 Å². The Kier molecular flexibility index (Phi) is 9.18. The van der Waals surface area contributed by atoms with Crippen LogP contribution in [0.5, 0.6) is 0 Å². The van der Waals surface area contributed by atoms with E-state index in [4.69, 9.17) is 24.9 Å². The predicted molar refractivity (Wildman–Crippen MR) is 221 cm³/mol.